The van der Waals surface area contributed by atoms with E-state index in [2.05, 4.69) is 16.2 Å². The number of ether oxygens (including phenoxy) is 2. The van der Waals surface area contributed by atoms with Crippen molar-refractivity contribution in [3.05, 3.63) is 0 Å². The Balaban J connectivity index is 2.06. The molecule has 1 unspecified atom stereocenters. The molecule has 0 aliphatic carbocycles. The van der Waals surface area contributed by atoms with Gasteiger partial charge >= 0.3 is 6.09 Å². The minimum absolute atomic E-state index is 0.0417. The van der Waals surface area contributed by atoms with E-state index in [-0.39, 0.29) is 6.23 Å². The summed E-state index contributed by atoms with van der Waals surface area (Å²) in [5.74, 6) is 0. The van der Waals surface area contributed by atoms with Gasteiger partial charge in [0.25, 0.3) is 0 Å². The molecule has 1 aliphatic heterocycles. The van der Waals surface area contributed by atoms with Gasteiger partial charge in [-0.2, -0.15) is 0 Å². The number of carbonyl (C=O) groups excluding carboxylic acids is 1. The maximum absolute atomic E-state index is 11.2. The molecule has 1 heterocycles. The third-order valence-electron chi connectivity index (χ3n) is 1.69. The lowest BCUT2D eigenvalue weighted by Gasteiger charge is -2.20. The molecule has 1 fully saturated rings. The third kappa shape index (κ3) is 5.56. The van der Waals surface area contributed by atoms with Gasteiger partial charge in [-0.1, -0.05) is 0 Å². The van der Waals surface area contributed by atoms with Crippen LogP contribution in [0.3, 0.4) is 0 Å². The van der Waals surface area contributed by atoms with Crippen LogP contribution >= 0.6 is 0 Å². The van der Waals surface area contributed by atoms with Crippen LogP contribution in [0.5, 0.6) is 0 Å². The number of hydrogen-bond acceptors (Lipinski definition) is 5. The highest BCUT2D eigenvalue weighted by molar-refractivity contribution is 5.67. The average molecular weight is 217 g/mol. The van der Waals surface area contributed by atoms with Crippen LogP contribution in [0, 0.1) is 0 Å². The summed E-state index contributed by atoms with van der Waals surface area (Å²) in [5.41, 5.74) is 5.30. The van der Waals surface area contributed by atoms with E-state index in [1.54, 1.807) is 0 Å². The minimum atomic E-state index is -0.451. The van der Waals surface area contributed by atoms with E-state index in [0.717, 1.165) is 0 Å². The maximum Gasteiger partial charge on any atom is 0.407 e. The molecular formula is C9H19N3O3. The first-order valence-electron chi connectivity index (χ1n) is 5.04. The molecule has 6 heteroatoms. The Hall–Kier alpha value is -0.850. The number of hydrogen-bond donors (Lipinski definition) is 3. The summed E-state index contributed by atoms with van der Waals surface area (Å²) in [7, 11) is 0. The van der Waals surface area contributed by atoms with E-state index in [9.17, 15) is 4.79 Å². The Morgan fingerprint density at radius 3 is 2.87 bits per heavy atom. The Bertz CT molecular complexity index is 209. The van der Waals surface area contributed by atoms with Gasteiger partial charge in [0.1, 0.15) is 18.6 Å². The predicted octanol–water partition coefficient (Wildman–Crippen LogP) is 0.309. The monoisotopic (exact) mass is 217 g/mol. The van der Waals surface area contributed by atoms with Crippen LogP contribution < -0.4 is 16.2 Å². The Labute approximate surface area is 89.7 Å². The normalized spacial score (nSPS) is 21.4. The summed E-state index contributed by atoms with van der Waals surface area (Å²) >= 11 is 0. The highest BCUT2D eigenvalue weighted by atomic mass is 16.6. The lowest BCUT2D eigenvalue weighted by molar-refractivity contribution is 0.0505. The number of rotatable bonds is 3. The van der Waals surface area contributed by atoms with Crippen LogP contribution in [0.4, 0.5) is 4.79 Å². The largest absolute Gasteiger partial charge is 0.444 e. The van der Waals surface area contributed by atoms with Gasteiger partial charge in [0, 0.05) is 13.0 Å². The lowest BCUT2D eigenvalue weighted by atomic mass is 10.2. The predicted molar refractivity (Wildman–Crippen MR) is 54.9 cm³/mol. The van der Waals surface area contributed by atoms with E-state index in [4.69, 9.17) is 9.47 Å². The molecular weight excluding hydrogens is 198 g/mol. The van der Waals surface area contributed by atoms with Crippen LogP contribution in [-0.2, 0) is 9.47 Å². The SMILES string of the molecule is CC(C)(C)OC(=O)NCCC1NNCO1. The minimum Gasteiger partial charge on any atom is -0.444 e. The van der Waals surface area contributed by atoms with E-state index in [1.165, 1.54) is 0 Å². The van der Waals surface area contributed by atoms with E-state index >= 15 is 0 Å². The summed E-state index contributed by atoms with van der Waals surface area (Å²) in [6.07, 6.45) is 0.264. The number of amides is 1. The summed E-state index contributed by atoms with van der Waals surface area (Å²) in [6, 6.07) is 0. The first kappa shape index (κ1) is 12.2. The Morgan fingerprint density at radius 2 is 2.33 bits per heavy atom. The molecule has 0 spiro atoms. The van der Waals surface area contributed by atoms with E-state index in [1.807, 2.05) is 20.8 Å². The molecule has 15 heavy (non-hydrogen) atoms. The third-order valence-corrected chi connectivity index (χ3v) is 1.69. The van der Waals surface area contributed by atoms with Gasteiger partial charge < -0.3 is 14.8 Å². The fraction of sp³-hybridized carbons (Fsp3) is 0.889. The zero-order valence-electron chi connectivity index (χ0n) is 9.42. The van der Waals surface area contributed by atoms with Crippen molar-refractivity contribution in [2.24, 2.45) is 0 Å². The van der Waals surface area contributed by atoms with Crippen LogP contribution in [0.25, 0.3) is 0 Å². The van der Waals surface area contributed by atoms with Gasteiger partial charge in [-0.3, -0.25) is 0 Å². The van der Waals surface area contributed by atoms with Crippen LogP contribution in [0.15, 0.2) is 0 Å². The van der Waals surface area contributed by atoms with Crippen molar-refractivity contribution in [1.29, 1.82) is 0 Å². The van der Waals surface area contributed by atoms with Gasteiger partial charge in [-0.05, 0) is 20.8 Å². The van der Waals surface area contributed by atoms with Crippen molar-refractivity contribution in [2.45, 2.75) is 39.0 Å². The molecule has 0 bridgehead atoms. The second-order valence-electron chi connectivity index (χ2n) is 4.34. The molecule has 0 aromatic carbocycles. The standard InChI is InChI=1S/C9H19N3O3/c1-9(2,3)15-8(13)10-5-4-7-12-11-6-14-7/h7,11-12H,4-6H2,1-3H3,(H,10,13). The zero-order valence-corrected chi connectivity index (χ0v) is 9.42. The van der Waals surface area contributed by atoms with Gasteiger partial charge in [0.15, 0.2) is 0 Å². The van der Waals surface area contributed by atoms with Gasteiger partial charge in [0.05, 0.1) is 0 Å². The van der Waals surface area contributed by atoms with E-state index < -0.39 is 11.7 Å². The smallest absolute Gasteiger partial charge is 0.407 e. The number of alkyl carbamates (subject to hydrolysis) is 1. The van der Waals surface area contributed by atoms with Crippen molar-refractivity contribution in [2.75, 3.05) is 13.3 Å². The summed E-state index contributed by atoms with van der Waals surface area (Å²) < 4.78 is 10.3. The van der Waals surface area contributed by atoms with Crippen molar-refractivity contribution < 1.29 is 14.3 Å². The first-order chi connectivity index (χ1) is 6.97. The summed E-state index contributed by atoms with van der Waals surface area (Å²) in [4.78, 5) is 11.2. The highest BCUT2D eigenvalue weighted by Crippen LogP contribution is 2.06. The molecule has 1 saturated heterocycles. The quantitative estimate of drug-likeness (QED) is 0.634. The average Bonchev–Trinajstić information content (AvgIpc) is 2.53. The second-order valence-corrected chi connectivity index (χ2v) is 4.34. The molecule has 1 rings (SSSR count). The summed E-state index contributed by atoms with van der Waals surface area (Å²) in [5, 5.41) is 2.66. The molecule has 88 valence electrons. The van der Waals surface area contributed by atoms with Crippen molar-refractivity contribution in [1.82, 2.24) is 16.2 Å². The highest BCUT2D eigenvalue weighted by Gasteiger charge is 2.17. The molecule has 0 aromatic rings. The number of nitrogens with one attached hydrogen (secondary N) is 3. The molecule has 6 nitrogen and oxygen atoms in total. The van der Waals surface area contributed by atoms with Crippen molar-refractivity contribution in [3.63, 3.8) is 0 Å². The molecule has 1 aliphatic rings. The molecule has 1 atom stereocenters. The number of carbonyl (C=O) groups is 1. The Morgan fingerprint density at radius 1 is 1.60 bits per heavy atom. The van der Waals surface area contributed by atoms with Gasteiger partial charge in [0.2, 0.25) is 0 Å². The molecule has 3 N–H and O–H groups in total. The second kappa shape index (κ2) is 5.29. The van der Waals surface area contributed by atoms with Crippen LogP contribution in [0.1, 0.15) is 27.2 Å². The molecule has 0 saturated carbocycles. The maximum atomic E-state index is 11.2. The van der Waals surface area contributed by atoms with Gasteiger partial charge in [-0.25, -0.2) is 15.6 Å². The van der Waals surface area contributed by atoms with Crippen LogP contribution in [0.2, 0.25) is 0 Å². The summed E-state index contributed by atoms with van der Waals surface area (Å²) in [6.45, 7) is 6.51. The van der Waals surface area contributed by atoms with Crippen LogP contribution in [-0.4, -0.2) is 31.2 Å². The molecule has 1 amide bonds. The fourth-order valence-corrected chi connectivity index (χ4v) is 1.11. The van der Waals surface area contributed by atoms with Crippen molar-refractivity contribution >= 4 is 6.09 Å². The topological polar surface area (TPSA) is 71.6 Å². The zero-order chi connectivity index (χ0) is 11.3. The van der Waals surface area contributed by atoms with Crippen molar-refractivity contribution in [3.8, 4) is 0 Å². The molecule has 0 aromatic heterocycles. The number of hydrazine groups is 1. The lowest BCUT2D eigenvalue weighted by Crippen LogP contribution is -2.36. The fourth-order valence-electron chi connectivity index (χ4n) is 1.11. The van der Waals surface area contributed by atoms with E-state index in [0.29, 0.717) is 19.7 Å². The Kier molecular flexibility index (Phi) is 4.31. The van der Waals surface area contributed by atoms with Gasteiger partial charge in [-0.15, -0.1) is 0 Å². The first-order valence-corrected chi connectivity index (χ1v) is 5.04. The molecule has 0 radical (unpaired) electrons.